The number of rotatable bonds is 3. The zero-order valence-electron chi connectivity index (χ0n) is 13.6. The maximum Gasteiger partial charge on any atom is 0.256 e. The number of carbonyl (C=O) groups is 1. The fourth-order valence-corrected chi connectivity index (χ4v) is 2.51. The highest BCUT2D eigenvalue weighted by Gasteiger charge is 2.25. The SMILES string of the molecule is COc1ccnc(N2CCN(C(=O)c3ccccc3F)CC2)n1.OCl. The summed E-state index contributed by atoms with van der Waals surface area (Å²) in [7, 11) is 1.55. The summed E-state index contributed by atoms with van der Waals surface area (Å²) in [5, 5.41) is 0. The normalized spacial score (nSPS) is 13.8. The van der Waals surface area contributed by atoms with Crippen LogP contribution in [0.3, 0.4) is 0 Å². The van der Waals surface area contributed by atoms with Crippen LogP contribution in [0.4, 0.5) is 10.3 Å². The molecule has 1 fully saturated rings. The van der Waals surface area contributed by atoms with Gasteiger partial charge < -0.3 is 14.5 Å². The number of halogens is 2. The van der Waals surface area contributed by atoms with E-state index >= 15 is 0 Å². The zero-order chi connectivity index (χ0) is 18.2. The number of benzene rings is 1. The molecule has 1 amide bonds. The first-order valence-corrected chi connectivity index (χ1v) is 7.85. The second kappa shape index (κ2) is 9.14. The lowest BCUT2D eigenvalue weighted by Gasteiger charge is -2.34. The Morgan fingerprint density at radius 3 is 2.52 bits per heavy atom. The molecule has 3 rings (SSSR count). The minimum absolute atomic E-state index is 0.110. The summed E-state index contributed by atoms with van der Waals surface area (Å²) in [6.07, 6.45) is 1.64. The molecule has 7 nitrogen and oxygen atoms in total. The fourth-order valence-electron chi connectivity index (χ4n) is 2.51. The van der Waals surface area contributed by atoms with Crippen LogP contribution in [-0.4, -0.2) is 58.7 Å². The number of aromatic nitrogens is 2. The Morgan fingerprint density at radius 1 is 1.20 bits per heavy atom. The van der Waals surface area contributed by atoms with E-state index in [4.69, 9.17) is 9.40 Å². The topological polar surface area (TPSA) is 78.8 Å². The highest BCUT2D eigenvalue weighted by Crippen LogP contribution is 2.16. The molecular weight excluding hydrogens is 351 g/mol. The van der Waals surface area contributed by atoms with Crippen molar-refractivity contribution in [2.45, 2.75) is 0 Å². The molecule has 0 unspecified atom stereocenters. The smallest absolute Gasteiger partial charge is 0.256 e. The summed E-state index contributed by atoms with van der Waals surface area (Å²) >= 11 is 3.64. The number of anilines is 1. The van der Waals surface area contributed by atoms with Crippen molar-refractivity contribution >= 4 is 23.7 Å². The van der Waals surface area contributed by atoms with Gasteiger partial charge in [0, 0.05) is 38.4 Å². The third-order valence-corrected chi connectivity index (χ3v) is 3.78. The summed E-state index contributed by atoms with van der Waals surface area (Å²) in [6, 6.07) is 7.73. The number of nitrogens with zero attached hydrogens (tertiary/aromatic N) is 4. The van der Waals surface area contributed by atoms with Gasteiger partial charge in [0.05, 0.1) is 24.5 Å². The van der Waals surface area contributed by atoms with E-state index in [0.29, 0.717) is 38.0 Å². The van der Waals surface area contributed by atoms with E-state index < -0.39 is 5.82 Å². The van der Waals surface area contributed by atoms with Crippen LogP contribution in [0.15, 0.2) is 36.5 Å². The van der Waals surface area contributed by atoms with Crippen molar-refractivity contribution in [3.8, 4) is 5.88 Å². The van der Waals surface area contributed by atoms with Gasteiger partial charge in [-0.25, -0.2) is 9.37 Å². The van der Waals surface area contributed by atoms with Gasteiger partial charge in [0.15, 0.2) is 0 Å². The second-order valence-electron chi connectivity index (χ2n) is 5.16. The number of ether oxygens (including phenoxy) is 1. The molecule has 0 bridgehead atoms. The monoisotopic (exact) mass is 368 g/mol. The summed E-state index contributed by atoms with van der Waals surface area (Å²) in [5.41, 5.74) is 0.110. The highest BCUT2D eigenvalue weighted by molar-refractivity contribution is 6.04. The van der Waals surface area contributed by atoms with Gasteiger partial charge in [0.25, 0.3) is 5.91 Å². The Labute approximate surface area is 149 Å². The van der Waals surface area contributed by atoms with Crippen LogP contribution < -0.4 is 9.64 Å². The van der Waals surface area contributed by atoms with Crippen LogP contribution in [-0.2, 0) is 0 Å². The van der Waals surface area contributed by atoms with Gasteiger partial charge in [-0.05, 0) is 12.1 Å². The molecular formula is C16H18ClFN4O3. The average Bonchev–Trinajstić information content (AvgIpc) is 2.69. The Hall–Kier alpha value is -2.45. The molecule has 1 N–H and O–H groups in total. The molecule has 9 heteroatoms. The predicted molar refractivity (Wildman–Crippen MR) is 91.2 cm³/mol. The standard InChI is InChI=1S/C16H17FN4O2.ClHO/c1-23-14-6-7-18-16(19-14)21-10-8-20(9-11-21)15(22)12-4-2-3-5-13(12)17;1-2/h2-7H,8-11H2,1H3;2H. The molecule has 1 aromatic carbocycles. The number of methoxy groups -OCH3 is 1. The van der Waals surface area contributed by atoms with Crippen LogP contribution in [0.25, 0.3) is 0 Å². The van der Waals surface area contributed by atoms with E-state index in [1.807, 2.05) is 4.90 Å². The fraction of sp³-hybridized carbons (Fsp3) is 0.312. The molecule has 25 heavy (non-hydrogen) atoms. The largest absolute Gasteiger partial charge is 0.481 e. The van der Waals surface area contributed by atoms with Crippen molar-refractivity contribution in [3.63, 3.8) is 0 Å². The van der Waals surface area contributed by atoms with E-state index in [0.717, 1.165) is 0 Å². The lowest BCUT2D eigenvalue weighted by molar-refractivity contribution is 0.0741. The van der Waals surface area contributed by atoms with Crippen molar-refractivity contribution in [1.29, 1.82) is 0 Å². The molecule has 0 radical (unpaired) electrons. The molecule has 0 aliphatic carbocycles. The molecule has 1 aliphatic rings. The van der Waals surface area contributed by atoms with Crippen molar-refractivity contribution < 1.29 is 18.6 Å². The minimum atomic E-state index is -0.490. The van der Waals surface area contributed by atoms with E-state index in [9.17, 15) is 9.18 Å². The summed E-state index contributed by atoms with van der Waals surface area (Å²) in [4.78, 5) is 24.5. The molecule has 134 valence electrons. The molecule has 0 atom stereocenters. The van der Waals surface area contributed by atoms with Gasteiger partial charge in [0.1, 0.15) is 5.82 Å². The van der Waals surface area contributed by atoms with Crippen molar-refractivity contribution in [2.24, 2.45) is 0 Å². The van der Waals surface area contributed by atoms with Crippen LogP contribution in [0.1, 0.15) is 10.4 Å². The summed E-state index contributed by atoms with van der Waals surface area (Å²) in [6.45, 7) is 2.17. The number of hydrogen-bond donors (Lipinski definition) is 1. The first kappa shape index (κ1) is 18.9. The molecule has 2 aromatic rings. The van der Waals surface area contributed by atoms with Gasteiger partial charge >= 0.3 is 0 Å². The predicted octanol–water partition coefficient (Wildman–Crippen LogP) is 1.72. The Morgan fingerprint density at radius 2 is 1.88 bits per heavy atom. The Bertz CT molecular complexity index is 711. The van der Waals surface area contributed by atoms with Gasteiger partial charge in [-0.15, -0.1) is 0 Å². The number of piperazine rings is 1. The van der Waals surface area contributed by atoms with Crippen LogP contribution in [0.5, 0.6) is 5.88 Å². The third kappa shape index (κ3) is 4.55. The van der Waals surface area contributed by atoms with Crippen LogP contribution in [0.2, 0.25) is 0 Å². The Balaban J connectivity index is 0.00000109. The molecule has 1 saturated heterocycles. The first-order valence-electron chi connectivity index (χ1n) is 7.52. The first-order chi connectivity index (χ1) is 12.2. The lowest BCUT2D eigenvalue weighted by Crippen LogP contribution is -2.49. The molecule has 1 aromatic heterocycles. The van der Waals surface area contributed by atoms with Gasteiger partial charge in [-0.2, -0.15) is 4.98 Å². The quantitative estimate of drug-likeness (QED) is 0.888. The molecule has 0 saturated carbocycles. The lowest BCUT2D eigenvalue weighted by atomic mass is 10.1. The molecule has 2 heterocycles. The maximum atomic E-state index is 13.7. The van der Waals surface area contributed by atoms with Gasteiger partial charge in [0.2, 0.25) is 11.8 Å². The van der Waals surface area contributed by atoms with Crippen LogP contribution >= 0.6 is 11.9 Å². The van der Waals surface area contributed by atoms with E-state index in [1.165, 1.54) is 12.1 Å². The number of amides is 1. The van der Waals surface area contributed by atoms with Crippen molar-refractivity contribution in [2.75, 3.05) is 38.2 Å². The Kier molecular flexibility index (Phi) is 6.91. The average molecular weight is 369 g/mol. The highest BCUT2D eigenvalue weighted by atomic mass is 35.5. The van der Waals surface area contributed by atoms with E-state index in [1.54, 1.807) is 36.4 Å². The number of hydrogen-bond acceptors (Lipinski definition) is 6. The van der Waals surface area contributed by atoms with Crippen molar-refractivity contribution in [3.05, 3.63) is 47.9 Å². The van der Waals surface area contributed by atoms with E-state index in [2.05, 4.69) is 21.8 Å². The summed E-state index contributed by atoms with van der Waals surface area (Å²) in [5.74, 6) is 0.299. The second-order valence-corrected chi connectivity index (χ2v) is 5.16. The molecule has 1 aliphatic heterocycles. The molecule has 0 spiro atoms. The van der Waals surface area contributed by atoms with Gasteiger partial charge in [-0.1, -0.05) is 12.1 Å². The van der Waals surface area contributed by atoms with Crippen molar-refractivity contribution in [1.82, 2.24) is 14.9 Å². The maximum absolute atomic E-state index is 13.7. The minimum Gasteiger partial charge on any atom is -0.481 e. The zero-order valence-corrected chi connectivity index (χ0v) is 14.4. The summed E-state index contributed by atoms with van der Waals surface area (Å²) < 4.78 is 25.3. The van der Waals surface area contributed by atoms with Gasteiger partial charge in [-0.3, -0.25) is 9.45 Å². The van der Waals surface area contributed by atoms with E-state index in [-0.39, 0.29) is 11.5 Å². The number of carbonyl (C=O) groups excluding carboxylic acids is 1. The third-order valence-electron chi connectivity index (χ3n) is 3.78. The van der Waals surface area contributed by atoms with Crippen LogP contribution in [0, 0.1) is 5.82 Å².